The summed E-state index contributed by atoms with van der Waals surface area (Å²) in [5, 5.41) is 6.78. The molecule has 1 saturated heterocycles. The number of anilines is 1. The molecule has 0 bridgehead atoms. The van der Waals surface area contributed by atoms with E-state index in [0.29, 0.717) is 6.04 Å². The number of halogens is 1. The van der Waals surface area contributed by atoms with Gasteiger partial charge in [0, 0.05) is 25.0 Å². The molecular weight excluding hydrogens is 212 g/mol. The summed E-state index contributed by atoms with van der Waals surface area (Å²) in [5.74, 6) is 0.918. The average Bonchev–Trinajstić information content (AvgIpc) is 2.23. The summed E-state index contributed by atoms with van der Waals surface area (Å²) in [5.41, 5.74) is 0.970. The molecule has 15 heavy (non-hydrogen) atoms. The largest absolute Gasteiger partial charge is 0.365 e. The maximum atomic E-state index is 4.27. The quantitative estimate of drug-likeness (QED) is 0.803. The van der Waals surface area contributed by atoms with Crippen molar-refractivity contribution in [2.75, 3.05) is 18.4 Å². The zero-order valence-corrected chi connectivity index (χ0v) is 9.68. The Morgan fingerprint density at radius 1 is 1.40 bits per heavy atom. The molecule has 1 fully saturated rings. The molecule has 84 valence electrons. The fourth-order valence-electron chi connectivity index (χ4n) is 1.72. The molecule has 4 nitrogen and oxygen atoms in total. The van der Waals surface area contributed by atoms with Crippen LogP contribution in [0.3, 0.4) is 0 Å². The fourth-order valence-corrected chi connectivity index (χ4v) is 1.72. The molecule has 0 unspecified atom stereocenters. The van der Waals surface area contributed by atoms with E-state index in [9.17, 15) is 0 Å². The summed E-state index contributed by atoms with van der Waals surface area (Å²) >= 11 is 0. The third-order valence-electron chi connectivity index (χ3n) is 2.52. The molecule has 1 aromatic heterocycles. The Labute approximate surface area is 96.3 Å². The van der Waals surface area contributed by atoms with E-state index in [1.54, 1.807) is 12.4 Å². The van der Waals surface area contributed by atoms with Crippen LogP contribution in [0.1, 0.15) is 18.5 Å². The predicted octanol–water partition coefficient (Wildman–Crippen LogP) is 1.37. The highest BCUT2D eigenvalue weighted by molar-refractivity contribution is 5.85. The lowest BCUT2D eigenvalue weighted by Gasteiger charge is -2.24. The number of aromatic nitrogens is 2. The van der Waals surface area contributed by atoms with Gasteiger partial charge in [-0.05, 0) is 26.3 Å². The van der Waals surface area contributed by atoms with Gasteiger partial charge in [-0.2, -0.15) is 0 Å². The summed E-state index contributed by atoms with van der Waals surface area (Å²) in [4.78, 5) is 8.47. The molecule has 2 rings (SSSR count). The molecular formula is C10H17ClN4. The second-order valence-electron chi connectivity index (χ2n) is 3.68. The van der Waals surface area contributed by atoms with Crippen LogP contribution < -0.4 is 10.6 Å². The highest BCUT2D eigenvalue weighted by Gasteiger charge is 2.13. The van der Waals surface area contributed by atoms with Crippen LogP contribution in [0.15, 0.2) is 12.4 Å². The summed E-state index contributed by atoms with van der Waals surface area (Å²) in [7, 11) is 0. The molecule has 2 N–H and O–H groups in total. The van der Waals surface area contributed by atoms with Gasteiger partial charge in [-0.1, -0.05) is 0 Å². The van der Waals surface area contributed by atoms with E-state index in [4.69, 9.17) is 0 Å². The zero-order chi connectivity index (χ0) is 9.80. The van der Waals surface area contributed by atoms with Gasteiger partial charge in [-0.25, -0.2) is 4.98 Å². The number of rotatable bonds is 2. The Bertz CT molecular complexity index is 299. The molecule has 0 spiro atoms. The van der Waals surface area contributed by atoms with Crippen molar-refractivity contribution in [2.24, 2.45) is 0 Å². The second-order valence-corrected chi connectivity index (χ2v) is 3.68. The monoisotopic (exact) mass is 228 g/mol. The fraction of sp³-hybridized carbons (Fsp3) is 0.600. The van der Waals surface area contributed by atoms with Crippen LogP contribution in [-0.2, 0) is 0 Å². The minimum atomic E-state index is 0. The highest BCUT2D eigenvalue weighted by atomic mass is 35.5. The van der Waals surface area contributed by atoms with E-state index in [2.05, 4.69) is 20.6 Å². The molecule has 0 aromatic carbocycles. The van der Waals surface area contributed by atoms with Crippen molar-refractivity contribution >= 4 is 18.2 Å². The van der Waals surface area contributed by atoms with Crippen molar-refractivity contribution in [3.05, 3.63) is 18.1 Å². The molecule has 0 aliphatic carbocycles. The standard InChI is InChI=1S/C10H16N4.ClH/c1-8-10(13-6-5-12-8)14-9-3-2-4-11-7-9;/h5-6,9,11H,2-4,7H2,1H3,(H,13,14);1H/t9-;/m1./s1. The lowest BCUT2D eigenvalue weighted by atomic mass is 10.1. The molecule has 1 atom stereocenters. The van der Waals surface area contributed by atoms with Gasteiger partial charge < -0.3 is 10.6 Å². The van der Waals surface area contributed by atoms with E-state index in [1.165, 1.54) is 12.8 Å². The van der Waals surface area contributed by atoms with Crippen LogP contribution >= 0.6 is 12.4 Å². The predicted molar refractivity (Wildman–Crippen MR) is 63.5 cm³/mol. The topological polar surface area (TPSA) is 49.8 Å². The van der Waals surface area contributed by atoms with Crippen molar-refractivity contribution in [1.29, 1.82) is 0 Å². The molecule has 0 amide bonds. The summed E-state index contributed by atoms with van der Waals surface area (Å²) in [6, 6.07) is 0.499. The summed E-state index contributed by atoms with van der Waals surface area (Å²) in [6.45, 7) is 4.14. The Morgan fingerprint density at radius 3 is 2.87 bits per heavy atom. The molecule has 0 radical (unpaired) electrons. The van der Waals surface area contributed by atoms with Crippen LogP contribution in [0, 0.1) is 6.92 Å². The molecule has 5 heteroatoms. The van der Waals surface area contributed by atoms with Crippen LogP contribution in [0.4, 0.5) is 5.82 Å². The van der Waals surface area contributed by atoms with Crippen molar-refractivity contribution in [1.82, 2.24) is 15.3 Å². The zero-order valence-electron chi connectivity index (χ0n) is 8.86. The van der Waals surface area contributed by atoms with Gasteiger partial charge >= 0.3 is 0 Å². The van der Waals surface area contributed by atoms with Gasteiger partial charge in [0.25, 0.3) is 0 Å². The van der Waals surface area contributed by atoms with Crippen molar-refractivity contribution in [3.8, 4) is 0 Å². The maximum Gasteiger partial charge on any atom is 0.147 e. The lowest BCUT2D eigenvalue weighted by molar-refractivity contribution is 0.478. The van der Waals surface area contributed by atoms with E-state index >= 15 is 0 Å². The Balaban J connectivity index is 0.00000112. The van der Waals surface area contributed by atoms with Crippen molar-refractivity contribution in [2.45, 2.75) is 25.8 Å². The number of piperidine rings is 1. The van der Waals surface area contributed by atoms with Gasteiger partial charge in [0.15, 0.2) is 0 Å². The first-order valence-corrected chi connectivity index (χ1v) is 5.11. The van der Waals surface area contributed by atoms with E-state index in [1.807, 2.05) is 6.92 Å². The Morgan fingerprint density at radius 2 is 2.20 bits per heavy atom. The van der Waals surface area contributed by atoms with E-state index < -0.39 is 0 Å². The molecule has 1 aliphatic heterocycles. The van der Waals surface area contributed by atoms with Crippen LogP contribution in [-0.4, -0.2) is 29.1 Å². The average molecular weight is 229 g/mol. The van der Waals surface area contributed by atoms with Crippen molar-refractivity contribution in [3.63, 3.8) is 0 Å². The Hall–Kier alpha value is -0.870. The van der Waals surface area contributed by atoms with Gasteiger partial charge in [0.05, 0.1) is 5.69 Å². The van der Waals surface area contributed by atoms with E-state index in [0.717, 1.165) is 24.6 Å². The first kappa shape index (κ1) is 12.2. The normalized spacial score (nSPS) is 20.5. The number of hydrogen-bond donors (Lipinski definition) is 2. The molecule has 1 aromatic rings. The lowest BCUT2D eigenvalue weighted by Crippen LogP contribution is -2.38. The third-order valence-corrected chi connectivity index (χ3v) is 2.52. The first-order valence-electron chi connectivity index (χ1n) is 5.11. The van der Waals surface area contributed by atoms with Crippen LogP contribution in [0.2, 0.25) is 0 Å². The SMILES string of the molecule is Cc1nccnc1N[C@@H]1CCCNC1.Cl. The molecule has 2 heterocycles. The minimum Gasteiger partial charge on any atom is -0.365 e. The summed E-state index contributed by atoms with van der Waals surface area (Å²) < 4.78 is 0. The second kappa shape index (κ2) is 5.88. The number of nitrogens with one attached hydrogen (secondary N) is 2. The highest BCUT2D eigenvalue weighted by Crippen LogP contribution is 2.11. The smallest absolute Gasteiger partial charge is 0.147 e. The maximum absolute atomic E-state index is 4.27. The number of nitrogens with zero attached hydrogens (tertiary/aromatic N) is 2. The number of hydrogen-bond acceptors (Lipinski definition) is 4. The molecule has 1 aliphatic rings. The summed E-state index contributed by atoms with van der Waals surface area (Å²) in [6.07, 6.45) is 5.89. The van der Waals surface area contributed by atoms with E-state index in [-0.39, 0.29) is 12.4 Å². The third kappa shape index (κ3) is 3.32. The minimum absolute atomic E-state index is 0. The molecule has 0 saturated carbocycles. The van der Waals surface area contributed by atoms with Crippen LogP contribution in [0.25, 0.3) is 0 Å². The van der Waals surface area contributed by atoms with Gasteiger partial charge in [-0.15, -0.1) is 12.4 Å². The number of aryl methyl sites for hydroxylation is 1. The van der Waals surface area contributed by atoms with Gasteiger partial charge in [-0.3, -0.25) is 4.98 Å². The Kier molecular flexibility index (Phi) is 4.78. The first-order chi connectivity index (χ1) is 6.86. The van der Waals surface area contributed by atoms with Gasteiger partial charge in [0.2, 0.25) is 0 Å². The van der Waals surface area contributed by atoms with Gasteiger partial charge in [0.1, 0.15) is 5.82 Å². The van der Waals surface area contributed by atoms with Crippen molar-refractivity contribution < 1.29 is 0 Å². The van der Waals surface area contributed by atoms with Crippen LogP contribution in [0.5, 0.6) is 0 Å².